The molecule has 0 amide bonds. The molecular weight excluding hydrogens is 275 g/mol. The maximum absolute atomic E-state index is 5.81. The Balaban J connectivity index is 0.00000112. The number of nitrogens with two attached hydrogens (primary N) is 1. The molecule has 1 unspecified atom stereocenters. The summed E-state index contributed by atoms with van der Waals surface area (Å²) in [7, 11) is 0. The molecule has 2 N–H and O–H groups in total. The summed E-state index contributed by atoms with van der Waals surface area (Å²) in [5, 5.41) is 0. The van der Waals surface area contributed by atoms with Gasteiger partial charge in [0.05, 0.1) is 0 Å². The van der Waals surface area contributed by atoms with Crippen molar-refractivity contribution < 1.29 is 0 Å². The van der Waals surface area contributed by atoms with Gasteiger partial charge in [0, 0.05) is 29.3 Å². The minimum atomic E-state index is 0. The first-order chi connectivity index (χ1) is 6.66. The summed E-state index contributed by atoms with van der Waals surface area (Å²) in [6.45, 7) is 4.10. The summed E-state index contributed by atoms with van der Waals surface area (Å²) in [5.41, 5.74) is 8.60. The third-order valence-electron chi connectivity index (χ3n) is 2.55. The first-order valence-electron chi connectivity index (χ1n) is 4.96. The third-order valence-corrected chi connectivity index (χ3v) is 3.04. The molecule has 2 nitrogen and oxygen atoms in total. The summed E-state index contributed by atoms with van der Waals surface area (Å²) < 4.78 is 1.15. The van der Waals surface area contributed by atoms with E-state index in [2.05, 4.69) is 46.0 Å². The summed E-state index contributed by atoms with van der Waals surface area (Å²) in [6.07, 6.45) is 1.15. The maximum atomic E-state index is 5.81. The summed E-state index contributed by atoms with van der Waals surface area (Å²) in [6, 6.07) is 6.72. The van der Waals surface area contributed by atoms with E-state index in [0.29, 0.717) is 0 Å². The first-order valence-corrected chi connectivity index (χ1v) is 5.75. The van der Waals surface area contributed by atoms with Crippen LogP contribution in [0.2, 0.25) is 0 Å². The fourth-order valence-electron chi connectivity index (χ4n) is 1.96. The van der Waals surface area contributed by atoms with E-state index in [1.807, 2.05) is 0 Å². The highest BCUT2D eigenvalue weighted by Crippen LogP contribution is 2.30. The van der Waals surface area contributed by atoms with Gasteiger partial charge in [-0.15, -0.1) is 12.4 Å². The van der Waals surface area contributed by atoms with Crippen molar-refractivity contribution in [2.45, 2.75) is 19.4 Å². The second kappa shape index (κ2) is 5.19. The van der Waals surface area contributed by atoms with Gasteiger partial charge in [0.25, 0.3) is 0 Å². The van der Waals surface area contributed by atoms with Gasteiger partial charge in [-0.1, -0.05) is 22.0 Å². The molecule has 4 heteroatoms. The van der Waals surface area contributed by atoms with E-state index in [0.717, 1.165) is 24.0 Å². The molecule has 1 heterocycles. The average Bonchev–Trinajstić information content (AvgIpc) is 2.47. The number of halogens is 2. The Hall–Kier alpha value is -0.250. The van der Waals surface area contributed by atoms with E-state index in [4.69, 9.17) is 5.73 Å². The molecule has 1 aromatic carbocycles. The molecule has 15 heavy (non-hydrogen) atoms. The van der Waals surface area contributed by atoms with Gasteiger partial charge in [0.1, 0.15) is 0 Å². The summed E-state index contributed by atoms with van der Waals surface area (Å²) >= 11 is 3.50. The van der Waals surface area contributed by atoms with Crippen molar-refractivity contribution >= 4 is 34.0 Å². The van der Waals surface area contributed by atoms with E-state index in [-0.39, 0.29) is 18.4 Å². The quantitative estimate of drug-likeness (QED) is 0.907. The number of nitrogens with zero attached hydrogens (tertiary/aromatic N) is 1. The van der Waals surface area contributed by atoms with Gasteiger partial charge < -0.3 is 10.6 Å². The minimum Gasteiger partial charge on any atom is -0.369 e. The zero-order valence-electron chi connectivity index (χ0n) is 8.74. The summed E-state index contributed by atoms with van der Waals surface area (Å²) in [5.74, 6) is 0. The molecule has 1 aliphatic rings. The van der Waals surface area contributed by atoms with E-state index in [1.54, 1.807) is 0 Å². The standard InChI is InChI=1S/C11H15BrN2.ClH/c1-8(13)7-14-5-4-9-2-3-10(12)6-11(9)14;/h2-3,6,8H,4-5,7,13H2,1H3;1H. The van der Waals surface area contributed by atoms with Crippen LogP contribution in [0.15, 0.2) is 22.7 Å². The molecule has 2 rings (SSSR count). The Bertz CT molecular complexity index is 341. The number of anilines is 1. The smallest absolute Gasteiger partial charge is 0.0411 e. The average molecular weight is 292 g/mol. The van der Waals surface area contributed by atoms with E-state index < -0.39 is 0 Å². The fourth-order valence-corrected chi connectivity index (χ4v) is 2.30. The molecule has 1 aliphatic heterocycles. The predicted octanol–water partition coefficient (Wildman–Crippen LogP) is 2.58. The first kappa shape index (κ1) is 12.8. The van der Waals surface area contributed by atoms with Gasteiger partial charge in [-0.05, 0) is 31.0 Å². The predicted molar refractivity (Wildman–Crippen MR) is 71.0 cm³/mol. The van der Waals surface area contributed by atoms with Crippen LogP contribution in [0.5, 0.6) is 0 Å². The minimum absolute atomic E-state index is 0. The number of fused-ring (bicyclic) bond motifs is 1. The Morgan fingerprint density at radius 3 is 2.93 bits per heavy atom. The Morgan fingerprint density at radius 2 is 2.27 bits per heavy atom. The lowest BCUT2D eigenvalue weighted by molar-refractivity contribution is 0.693. The highest BCUT2D eigenvalue weighted by atomic mass is 79.9. The number of rotatable bonds is 2. The molecule has 0 spiro atoms. The van der Waals surface area contributed by atoms with Crippen molar-refractivity contribution in [1.29, 1.82) is 0 Å². The van der Waals surface area contributed by atoms with Crippen molar-refractivity contribution in [3.63, 3.8) is 0 Å². The van der Waals surface area contributed by atoms with Gasteiger partial charge in [0.2, 0.25) is 0 Å². The van der Waals surface area contributed by atoms with Gasteiger partial charge >= 0.3 is 0 Å². The topological polar surface area (TPSA) is 29.3 Å². The number of hydrogen-bond donors (Lipinski definition) is 1. The highest BCUT2D eigenvalue weighted by Gasteiger charge is 2.19. The fraction of sp³-hybridized carbons (Fsp3) is 0.455. The largest absolute Gasteiger partial charge is 0.369 e. The maximum Gasteiger partial charge on any atom is 0.0411 e. The molecular formula is C11H16BrClN2. The van der Waals surface area contributed by atoms with Crippen LogP contribution in [-0.2, 0) is 6.42 Å². The lowest BCUT2D eigenvalue weighted by Crippen LogP contribution is -2.34. The molecule has 1 aromatic rings. The molecule has 0 fully saturated rings. The van der Waals surface area contributed by atoms with Crippen LogP contribution in [0.3, 0.4) is 0 Å². The zero-order chi connectivity index (χ0) is 10.1. The molecule has 0 aliphatic carbocycles. The van der Waals surface area contributed by atoms with Crippen LogP contribution in [-0.4, -0.2) is 19.1 Å². The van der Waals surface area contributed by atoms with Gasteiger partial charge in [-0.3, -0.25) is 0 Å². The highest BCUT2D eigenvalue weighted by molar-refractivity contribution is 9.10. The Kier molecular flexibility index (Phi) is 4.44. The second-order valence-corrected chi connectivity index (χ2v) is 4.86. The van der Waals surface area contributed by atoms with Crippen LogP contribution in [0.1, 0.15) is 12.5 Å². The van der Waals surface area contributed by atoms with Gasteiger partial charge in [0.15, 0.2) is 0 Å². The van der Waals surface area contributed by atoms with E-state index in [1.165, 1.54) is 11.3 Å². The van der Waals surface area contributed by atoms with E-state index in [9.17, 15) is 0 Å². The van der Waals surface area contributed by atoms with E-state index >= 15 is 0 Å². The van der Waals surface area contributed by atoms with Crippen molar-refractivity contribution in [2.24, 2.45) is 5.73 Å². The lowest BCUT2D eigenvalue weighted by atomic mass is 10.2. The van der Waals surface area contributed by atoms with Crippen molar-refractivity contribution in [3.05, 3.63) is 28.2 Å². The third kappa shape index (κ3) is 2.86. The Labute approximate surface area is 105 Å². The second-order valence-electron chi connectivity index (χ2n) is 3.95. The molecule has 0 saturated carbocycles. The van der Waals surface area contributed by atoms with Crippen LogP contribution < -0.4 is 10.6 Å². The monoisotopic (exact) mass is 290 g/mol. The van der Waals surface area contributed by atoms with Crippen LogP contribution >= 0.6 is 28.3 Å². The zero-order valence-corrected chi connectivity index (χ0v) is 11.1. The van der Waals surface area contributed by atoms with Crippen molar-refractivity contribution in [2.75, 3.05) is 18.0 Å². The Morgan fingerprint density at radius 1 is 1.53 bits per heavy atom. The molecule has 0 radical (unpaired) electrons. The summed E-state index contributed by atoms with van der Waals surface area (Å²) in [4.78, 5) is 2.37. The normalized spacial score (nSPS) is 15.8. The molecule has 0 bridgehead atoms. The van der Waals surface area contributed by atoms with Crippen LogP contribution in [0.4, 0.5) is 5.69 Å². The van der Waals surface area contributed by atoms with Crippen LogP contribution in [0.25, 0.3) is 0 Å². The molecule has 0 aromatic heterocycles. The number of hydrogen-bond acceptors (Lipinski definition) is 2. The number of benzene rings is 1. The van der Waals surface area contributed by atoms with Gasteiger partial charge in [-0.2, -0.15) is 0 Å². The molecule has 84 valence electrons. The lowest BCUT2D eigenvalue weighted by Gasteiger charge is -2.21. The molecule has 1 atom stereocenters. The van der Waals surface area contributed by atoms with Crippen LogP contribution in [0, 0.1) is 0 Å². The van der Waals surface area contributed by atoms with Crippen molar-refractivity contribution in [1.82, 2.24) is 0 Å². The van der Waals surface area contributed by atoms with Crippen molar-refractivity contribution in [3.8, 4) is 0 Å². The SMILES string of the molecule is CC(N)CN1CCc2ccc(Br)cc21.Cl. The molecule has 0 saturated heterocycles. The van der Waals surface area contributed by atoms with Gasteiger partial charge in [-0.25, -0.2) is 0 Å².